The fourth-order valence-electron chi connectivity index (χ4n) is 2.57. The van der Waals surface area contributed by atoms with Crippen molar-refractivity contribution < 1.29 is 4.79 Å². The topological polar surface area (TPSA) is 63.1 Å². The molecule has 0 fully saturated rings. The Balaban J connectivity index is 2.23. The number of aryl methyl sites for hydroxylation is 2. The van der Waals surface area contributed by atoms with Gasteiger partial charge in [-0.15, -0.1) is 0 Å². The molecule has 0 unspecified atom stereocenters. The van der Waals surface area contributed by atoms with Gasteiger partial charge in [-0.05, 0) is 25.5 Å². The maximum atomic E-state index is 12.8. The van der Waals surface area contributed by atoms with Crippen molar-refractivity contribution in [1.82, 2.24) is 14.8 Å². The van der Waals surface area contributed by atoms with E-state index in [9.17, 15) is 4.79 Å². The predicted octanol–water partition coefficient (Wildman–Crippen LogP) is 2.24. The number of amides is 1. The molecule has 0 saturated heterocycles. The molecule has 0 saturated carbocycles. The van der Waals surface area contributed by atoms with E-state index in [1.54, 1.807) is 22.8 Å². The summed E-state index contributed by atoms with van der Waals surface area (Å²) in [6.07, 6.45) is 2.60. The molecule has 104 valence electrons. The van der Waals surface area contributed by atoms with Gasteiger partial charge >= 0.3 is 0 Å². The Bertz CT molecular complexity index is 676. The highest BCUT2D eigenvalue weighted by Gasteiger charge is 2.31. The van der Waals surface area contributed by atoms with Gasteiger partial charge in [0.15, 0.2) is 5.82 Å². The van der Waals surface area contributed by atoms with Crippen molar-refractivity contribution in [3.63, 3.8) is 0 Å². The normalized spacial score (nSPS) is 13.6. The van der Waals surface area contributed by atoms with Crippen LogP contribution in [0.5, 0.6) is 0 Å². The molecule has 0 aromatic carbocycles. The first-order valence-corrected chi connectivity index (χ1v) is 6.71. The second kappa shape index (κ2) is 4.63. The van der Waals surface area contributed by atoms with Crippen LogP contribution in [0.15, 0.2) is 18.3 Å². The molecule has 20 heavy (non-hydrogen) atoms. The number of carbonyl (C=O) groups is 1. The molecule has 2 aromatic heterocycles. The van der Waals surface area contributed by atoms with Crippen LogP contribution in [0.4, 0.5) is 17.2 Å². The molecule has 0 aliphatic carbocycles. The number of carbonyl (C=O) groups excluding carboxylic acids is 1. The fourth-order valence-corrected chi connectivity index (χ4v) is 2.57. The van der Waals surface area contributed by atoms with E-state index in [4.69, 9.17) is 0 Å². The summed E-state index contributed by atoms with van der Waals surface area (Å²) in [5.41, 5.74) is 2.94. The molecule has 0 spiro atoms. The van der Waals surface area contributed by atoms with Crippen molar-refractivity contribution in [3.05, 3.63) is 29.7 Å². The summed E-state index contributed by atoms with van der Waals surface area (Å²) in [6, 6.07) is 3.76. The zero-order chi connectivity index (χ0) is 14.3. The number of hydrogen-bond donors (Lipinski definition) is 1. The highest BCUT2D eigenvalue weighted by Crippen LogP contribution is 2.35. The summed E-state index contributed by atoms with van der Waals surface area (Å²) in [5, 5.41) is 7.59. The highest BCUT2D eigenvalue weighted by molar-refractivity contribution is 6.12. The van der Waals surface area contributed by atoms with Crippen LogP contribution in [0.25, 0.3) is 0 Å². The summed E-state index contributed by atoms with van der Waals surface area (Å²) in [4.78, 5) is 18.9. The van der Waals surface area contributed by atoms with E-state index >= 15 is 0 Å². The SMILES string of the molecule is CCCN1C(=O)c2c(c(C)nn2C)Nc2ncccc21. The lowest BCUT2D eigenvalue weighted by Gasteiger charge is -2.21. The van der Waals surface area contributed by atoms with Crippen molar-refractivity contribution in [2.45, 2.75) is 20.3 Å². The van der Waals surface area contributed by atoms with Crippen LogP contribution in [0.2, 0.25) is 0 Å². The Morgan fingerprint density at radius 1 is 1.40 bits per heavy atom. The van der Waals surface area contributed by atoms with Crippen LogP contribution in [-0.4, -0.2) is 27.2 Å². The highest BCUT2D eigenvalue weighted by atomic mass is 16.2. The lowest BCUT2D eigenvalue weighted by molar-refractivity contribution is 0.0979. The summed E-state index contributed by atoms with van der Waals surface area (Å²) in [7, 11) is 1.79. The summed E-state index contributed by atoms with van der Waals surface area (Å²) >= 11 is 0. The second-order valence-corrected chi connectivity index (χ2v) is 4.89. The second-order valence-electron chi connectivity index (χ2n) is 4.89. The zero-order valence-corrected chi connectivity index (χ0v) is 11.8. The smallest absolute Gasteiger partial charge is 0.278 e. The van der Waals surface area contributed by atoms with Crippen molar-refractivity contribution >= 4 is 23.1 Å². The minimum Gasteiger partial charge on any atom is -0.335 e. The van der Waals surface area contributed by atoms with Crippen molar-refractivity contribution in [2.75, 3.05) is 16.8 Å². The van der Waals surface area contributed by atoms with Crippen molar-refractivity contribution in [3.8, 4) is 0 Å². The number of anilines is 3. The molecule has 1 amide bonds. The maximum absolute atomic E-state index is 12.8. The van der Waals surface area contributed by atoms with Crippen molar-refractivity contribution in [1.29, 1.82) is 0 Å². The van der Waals surface area contributed by atoms with E-state index in [2.05, 4.69) is 22.3 Å². The van der Waals surface area contributed by atoms with Crippen LogP contribution in [0.3, 0.4) is 0 Å². The molecule has 0 atom stereocenters. The Morgan fingerprint density at radius 3 is 2.95 bits per heavy atom. The monoisotopic (exact) mass is 271 g/mol. The minimum absolute atomic E-state index is 0.0378. The standard InChI is InChI=1S/C14H17N5O/c1-4-8-19-10-6-5-7-15-13(10)16-11-9(2)17-18(3)12(11)14(19)20/h5-7H,4,8H2,1-3H3,(H,15,16). The van der Waals surface area contributed by atoms with Gasteiger partial charge in [0, 0.05) is 19.8 Å². The average molecular weight is 271 g/mol. The van der Waals surface area contributed by atoms with Gasteiger partial charge in [-0.25, -0.2) is 4.98 Å². The van der Waals surface area contributed by atoms with E-state index in [0.717, 1.165) is 23.5 Å². The van der Waals surface area contributed by atoms with E-state index in [1.165, 1.54) is 0 Å². The number of hydrogen-bond acceptors (Lipinski definition) is 4. The third-order valence-corrected chi connectivity index (χ3v) is 3.44. The molecule has 3 heterocycles. The van der Waals surface area contributed by atoms with Crippen LogP contribution in [0.1, 0.15) is 29.5 Å². The Kier molecular flexibility index (Phi) is 2.93. The van der Waals surface area contributed by atoms with Gasteiger partial charge in [0.05, 0.1) is 17.1 Å². The van der Waals surface area contributed by atoms with E-state index in [-0.39, 0.29) is 5.91 Å². The lowest BCUT2D eigenvalue weighted by atomic mass is 10.2. The summed E-state index contributed by atoms with van der Waals surface area (Å²) in [5.74, 6) is 0.661. The van der Waals surface area contributed by atoms with Crippen LogP contribution in [-0.2, 0) is 7.05 Å². The molecule has 6 nitrogen and oxygen atoms in total. The Hall–Kier alpha value is -2.37. The number of aromatic nitrogens is 3. The first-order valence-electron chi connectivity index (χ1n) is 6.71. The Labute approximate surface area is 117 Å². The summed E-state index contributed by atoms with van der Waals surface area (Å²) in [6.45, 7) is 4.59. The lowest BCUT2D eigenvalue weighted by Crippen LogP contribution is -2.32. The fraction of sp³-hybridized carbons (Fsp3) is 0.357. The number of nitrogens with zero attached hydrogens (tertiary/aromatic N) is 4. The molecular weight excluding hydrogens is 254 g/mol. The Morgan fingerprint density at radius 2 is 2.20 bits per heavy atom. The van der Waals surface area contributed by atoms with Crippen molar-refractivity contribution in [2.24, 2.45) is 7.05 Å². The molecule has 3 rings (SSSR count). The van der Waals surface area contributed by atoms with Gasteiger partial charge in [-0.3, -0.25) is 9.48 Å². The molecule has 6 heteroatoms. The summed E-state index contributed by atoms with van der Waals surface area (Å²) < 4.78 is 1.63. The van der Waals surface area contributed by atoms with Crippen LogP contribution >= 0.6 is 0 Å². The van der Waals surface area contributed by atoms with Gasteiger partial charge in [0.25, 0.3) is 5.91 Å². The van der Waals surface area contributed by atoms with Crippen LogP contribution in [0, 0.1) is 6.92 Å². The molecule has 0 bridgehead atoms. The van der Waals surface area contributed by atoms with Gasteiger partial charge in [0.1, 0.15) is 5.69 Å². The first kappa shape index (κ1) is 12.7. The zero-order valence-electron chi connectivity index (χ0n) is 11.8. The third-order valence-electron chi connectivity index (χ3n) is 3.44. The van der Waals surface area contributed by atoms with Gasteiger partial charge in [0.2, 0.25) is 0 Å². The molecule has 1 aliphatic rings. The van der Waals surface area contributed by atoms with E-state index in [1.807, 2.05) is 19.1 Å². The molecule has 1 N–H and O–H groups in total. The number of nitrogens with one attached hydrogen (secondary N) is 1. The maximum Gasteiger partial charge on any atom is 0.278 e. The van der Waals surface area contributed by atoms with E-state index < -0.39 is 0 Å². The minimum atomic E-state index is -0.0378. The molecule has 0 radical (unpaired) electrons. The van der Waals surface area contributed by atoms with Gasteiger partial charge < -0.3 is 10.2 Å². The van der Waals surface area contributed by atoms with E-state index in [0.29, 0.717) is 18.1 Å². The van der Waals surface area contributed by atoms with Gasteiger partial charge in [-0.1, -0.05) is 6.92 Å². The average Bonchev–Trinajstić information content (AvgIpc) is 2.63. The number of pyridine rings is 1. The first-order chi connectivity index (χ1) is 9.63. The number of rotatable bonds is 2. The molecule has 1 aliphatic heterocycles. The quantitative estimate of drug-likeness (QED) is 0.909. The molecule has 2 aromatic rings. The predicted molar refractivity (Wildman–Crippen MR) is 77.4 cm³/mol. The van der Waals surface area contributed by atoms with Gasteiger partial charge in [-0.2, -0.15) is 5.10 Å². The van der Waals surface area contributed by atoms with Crippen LogP contribution < -0.4 is 10.2 Å². The largest absolute Gasteiger partial charge is 0.335 e. The molecular formula is C14H17N5O. The third kappa shape index (κ3) is 1.76. The number of fused-ring (bicyclic) bond motifs is 2.